The van der Waals surface area contributed by atoms with E-state index >= 15 is 0 Å². The van der Waals surface area contributed by atoms with Crippen LogP contribution in [0, 0.1) is 0 Å². The van der Waals surface area contributed by atoms with Crippen molar-refractivity contribution in [2.75, 3.05) is 13.2 Å². The Morgan fingerprint density at radius 3 is 1.00 bits per heavy atom. The Morgan fingerprint density at radius 1 is 0.317 bits per heavy atom. The Bertz CT molecular complexity index is 1150. The second-order valence-corrected chi connectivity index (χ2v) is 17.8. The van der Waals surface area contributed by atoms with E-state index in [-0.39, 0.29) is 37.5 Å². The lowest BCUT2D eigenvalue weighted by atomic mass is 10.0. The van der Waals surface area contributed by atoms with Gasteiger partial charge in [0.25, 0.3) is 0 Å². The molecule has 0 aromatic heterocycles. The minimum Gasteiger partial charge on any atom is -0.462 e. The highest BCUT2D eigenvalue weighted by Gasteiger charge is 2.19. The zero-order chi connectivity index (χ0) is 45.8. The molecule has 0 rings (SSSR count). The summed E-state index contributed by atoms with van der Waals surface area (Å²) < 4.78 is 16.8. The first-order chi connectivity index (χ1) is 31.0. The fourth-order valence-electron chi connectivity index (χ4n) is 7.43. The van der Waals surface area contributed by atoms with E-state index in [9.17, 15) is 14.4 Å². The van der Waals surface area contributed by atoms with Gasteiger partial charge in [-0.25, -0.2) is 0 Å². The maximum Gasteiger partial charge on any atom is 0.306 e. The molecule has 0 aliphatic heterocycles. The molecule has 0 aliphatic carbocycles. The highest BCUT2D eigenvalue weighted by Crippen LogP contribution is 2.15. The topological polar surface area (TPSA) is 78.9 Å². The van der Waals surface area contributed by atoms with Gasteiger partial charge in [-0.2, -0.15) is 0 Å². The summed E-state index contributed by atoms with van der Waals surface area (Å²) in [5.74, 6) is -0.953. The number of ether oxygens (including phenoxy) is 3. The molecule has 0 aliphatic rings. The van der Waals surface area contributed by atoms with Gasteiger partial charge in [-0.05, 0) is 83.5 Å². The Hall–Kier alpha value is -2.89. The molecule has 63 heavy (non-hydrogen) atoms. The lowest BCUT2D eigenvalue weighted by Gasteiger charge is -2.18. The maximum absolute atomic E-state index is 12.8. The van der Waals surface area contributed by atoms with E-state index < -0.39 is 6.10 Å². The van der Waals surface area contributed by atoms with Crippen molar-refractivity contribution in [1.29, 1.82) is 0 Å². The minimum atomic E-state index is -0.797. The van der Waals surface area contributed by atoms with Crippen LogP contribution in [0.2, 0.25) is 0 Å². The fraction of sp³-hybridized carbons (Fsp3) is 0.772. The number of hydrogen-bond acceptors (Lipinski definition) is 6. The minimum absolute atomic E-state index is 0.0924. The van der Waals surface area contributed by atoms with Crippen molar-refractivity contribution < 1.29 is 28.6 Å². The van der Waals surface area contributed by atoms with E-state index in [2.05, 4.69) is 81.5 Å². The first-order valence-electron chi connectivity index (χ1n) is 26.8. The van der Waals surface area contributed by atoms with Crippen molar-refractivity contribution >= 4 is 17.9 Å². The number of allylic oxidation sites excluding steroid dienone is 10. The van der Waals surface area contributed by atoms with E-state index in [1.807, 2.05) is 0 Å². The predicted molar refractivity (Wildman–Crippen MR) is 270 cm³/mol. The van der Waals surface area contributed by atoms with Crippen LogP contribution in [-0.4, -0.2) is 37.2 Å². The van der Waals surface area contributed by atoms with Crippen molar-refractivity contribution in [2.45, 2.75) is 271 Å². The molecule has 0 spiro atoms. The quantitative estimate of drug-likeness (QED) is 0.0262. The average molecular weight is 881 g/mol. The molecular weight excluding hydrogens is 781 g/mol. The lowest BCUT2D eigenvalue weighted by Crippen LogP contribution is -2.30. The van der Waals surface area contributed by atoms with E-state index in [0.717, 1.165) is 77.0 Å². The summed E-state index contributed by atoms with van der Waals surface area (Å²) in [7, 11) is 0. The Kier molecular flexibility index (Phi) is 49.4. The van der Waals surface area contributed by atoms with E-state index in [0.29, 0.717) is 19.3 Å². The third-order valence-electron chi connectivity index (χ3n) is 11.5. The molecule has 1 atom stereocenters. The summed E-state index contributed by atoms with van der Waals surface area (Å²) in [6.45, 7) is 6.56. The Morgan fingerprint density at radius 2 is 0.587 bits per heavy atom. The van der Waals surface area contributed by atoms with Crippen LogP contribution in [0.1, 0.15) is 265 Å². The van der Waals surface area contributed by atoms with Crippen LogP contribution in [0.5, 0.6) is 0 Å². The maximum atomic E-state index is 12.8. The summed E-state index contributed by atoms with van der Waals surface area (Å²) in [4.78, 5) is 38.0. The number of unbranched alkanes of at least 4 members (excludes halogenated alkanes) is 27. The van der Waals surface area contributed by atoms with Crippen LogP contribution in [0.15, 0.2) is 60.8 Å². The van der Waals surface area contributed by atoms with Crippen LogP contribution in [-0.2, 0) is 28.6 Å². The van der Waals surface area contributed by atoms with Crippen molar-refractivity contribution in [3.8, 4) is 0 Å². The van der Waals surface area contributed by atoms with Crippen LogP contribution in [0.25, 0.3) is 0 Å². The third-order valence-corrected chi connectivity index (χ3v) is 11.5. The highest BCUT2D eigenvalue weighted by atomic mass is 16.6. The van der Waals surface area contributed by atoms with Gasteiger partial charge in [0, 0.05) is 19.3 Å². The van der Waals surface area contributed by atoms with Crippen molar-refractivity contribution in [3.63, 3.8) is 0 Å². The summed E-state index contributed by atoms with van der Waals surface area (Å²) >= 11 is 0. The molecule has 0 radical (unpaired) electrons. The smallest absolute Gasteiger partial charge is 0.306 e. The van der Waals surface area contributed by atoms with E-state index in [4.69, 9.17) is 14.2 Å². The van der Waals surface area contributed by atoms with Gasteiger partial charge < -0.3 is 14.2 Å². The van der Waals surface area contributed by atoms with Crippen LogP contribution >= 0.6 is 0 Å². The molecule has 6 nitrogen and oxygen atoms in total. The second-order valence-electron chi connectivity index (χ2n) is 17.8. The number of carbonyl (C=O) groups is 3. The Labute approximate surface area is 390 Å². The first kappa shape index (κ1) is 60.1. The molecule has 6 heteroatoms. The molecule has 0 fully saturated rings. The summed E-state index contributed by atoms with van der Waals surface area (Å²) in [5.41, 5.74) is 0. The third kappa shape index (κ3) is 50.0. The summed E-state index contributed by atoms with van der Waals surface area (Å²) in [6, 6.07) is 0. The second kappa shape index (κ2) is 51.7. The number of carbonyl (C=O) groups excluding carboxylic acids is 3. The summed E-state index contributed by atoms with van der Waals surface area (Å²) in [6.07, 6.45) is 63.5. The molecule has 0 saturated carbocycles. The number of hydrogen-bond donors (Lipinski definition) is 0. The standard InChI is InChI=1S/C57H100O6/c1-4-7-10-13-16-19-22-25-27-28-30-32-35-38-41-44-47-50-56(59)62-53-54(52-61-55(58)49-46-43-40-37-34-31-24-21-18-15-12-9-6-3)63-57(60)51-48-45-42-39-36-33-29-26-23-20-17-14-11-8-5-2/h16,19,25-27,29-30,32,38,41,54H,4-15,17-18,20-24,28,31,33-37,39-40,42-53H2,1-3H3. The van der Waals surface area contributed by atoms with Crippen LogP contribution in [0.4, 0.5) is 0 Å². The van der Waals surface area contributed by atoms with Crippen molar-refractivity contribution in [1.82, 2.24) is 0 Å². The van der Waals surface area contributed by atoms with E-state index in [1.54, 1.807) is 0 Å². The zero-order valence-corrected chi connectivity index (χ0v) is 41.6. The fourth-order valence-corrected chi connectivity index (χ4v) is 7.43. The van der Waals surface area contributed by atoms with Gasteiger partial charge in [0.1, 0.15) is 13.2 Å². The molecule has 0 saturated heterocycles. The molecular formula is C57H100O6. The van der Waals surface area contributed by atoms with Crippen molar-refractivity contribution in [2.24, 2.45) is 0 Å². The molecule has 0 aromatic rings. The van der Waals surface area contributed by atoms with Gasteiger partial charge in [0.15, 0.2) is 6.10 Å². The predicted octanol–water partition coefficient (Wildman–Crippen LogP) is 17.6. The Balaban J connectivity index is 4.46. The molecule has 0 N–H and O–H groups in total. The van der Waals surface area contributed by atoms with Gasteiger partial charge in [0.2, 0.25) is 0 Å². The van der Waals surface area contributed by atoms with E-state index in [1.165, 1.54) is 141 Å². The number of rotatable bonds is 48. The van der Waals surface area contributed by atoms with Gasteiger partial charge >= 0.3 is 17.9 Å². The molecule has 364 valence electrons. The lowest BCUT2D eigenvalue weighted by molar-refractivity contribution is -0.167. The molecule has 0 aromatic carbocycles. The highest BCUT2D eigenvalue weighted by molar-refractivity contribution is 5.71. The monoisotopic (exact) mass is 881 g/mol. The zero-order valence-electron chi connectivity index (χ0n) is 41.6. The van der Waals surface area contributed by atoms with Crippen LogP contribution in [0.3, 0.4) is 0 Å². The number of esters is 3. The molecule has 1 unspecified atom stereocenters. The van der Waals surface area contributed by atoms with Gasteiger partial charge in [-0.1, -0.05) is 223 Å². The SMILES string of the molecule is CCCCCC=CCC=CCC=CCC=CCCCC(=O)OCC(COC(=O)CCCCCCCCCCCCCCC)OC(=O)CCCCCCCC=CCCCCCCCC. The summed E-state index contributed by atoms with van der Waals surface area (Å²) in [5, 5.41) is 0. The molecule has 0 amide bonds. The molecule has 0 bridgehead atoms. The van der Waals surface area contributed by atoms with Gasteiger partial charge in [-0.3, -0.25) is 14.4 Å². The van der Waals surface area contributed by atoms with Crippen LogP contribution < -0.4 is 0 Å². The van der Waals surface area contributed by atoms with Crippen molar-refractivity contribution in [3.05, 3.63) is 60.8 Å². The van der Waals surface area contributed by atoms with Gasteiger partial charge in [0.05, 0.1) is 0 Å². The first-order valence-corrected chi connectivity index (χ1v) is 26.8. The molecule has 0 heterocycles. The normalized spacial score (nSPS) is 12.5. The largest absolute Gasteiger partial charge is 0.462 e. The van der Waals surface area contributed by atoms with Gasteiger partial charge in [-0.15, -0.1) is 0 Å². The average Bonchev–Trinajstić information content (AvgIpc) is 3.28.